The highest BCUT2D eigenvalue weighted by atomic mass is 16.5. The number of nitrogens with one attached hydrogen (secondary N) is 2. The summed E-state index contributed by atoms with van der Waals surface area (Å²) in [7, 11) is 0. The third kappa shape index (κ3) is 7.30. The summed E-state index contributed by atoms with van der Waals surface area (Å²) >= 11 is 0. The second-order valence-corrected chi connectivity index (χ2v) is 10.1. The molecule has 0 spiro atoms. The fourth-order valence-corrected chi connectivity index (χ4v) is 4.92. The molecule has 13 heteroatoms. The minimum atomic E-state index is -0.742. The number of fused-ring (bicyclic) bond motifs is 1. The number of piperidine rings is 1. The second kappa shape index (κ2) is 12.8. The van der Waals surface area contributed by atoms with Crippen molar-refractivity contribution in [2.24, 2.45) is 0 Å². The molecule has 0 radical (unpaired) electrons. The topological polar surface area (TPSA) is 159 Å². The van der Waals surface area contributed by atoms with Gasteiger partial charge in [0.15, 0.2) is 12.2 Å². The van der Waals surface area contributed by atoms with Crippen molar-refractivity contribution in [3.05, 3.63) is 59.8 Å². The van der Waals surface area contributed by atoms with Crippen molar-refractivity contribution >= 4 is 17.6 Å². The van der Waals surface area contributed by atoms with Gasteiger partial charge in [0, 0.05) is 70.8 Å². The van der Waals surface area contributed by atoms with Gasteiger partial charge in [-0.3, -0.25) is 14.5 Å². The summed E-state index contributed by atoms with van der Waals surface area (Å²) in [6.07, 6.45) is 5.94. The van der Waals surface area contributed by atoms with Gasteiger partial charge in [0.2, 0.25) is 11.8 Å². The quantitative estimate of drug-likeness (QED) is 0.331. The van der Waals surface area contributed by atoms with Crippen LogP contribution < -0.4 is 15.4 Å². The lowest BCUT2D eigenvalue weighted by Crippen LogP contribution is -2.42. The van der Waals surface area contributed by atoms with Gasteiger partial charge in [-0.15, -0.1) is 0 Å². The number of aromatic nitrogens is 4. The molecule has 3 aromatic heterocycles. The summed E-state index contributed by atoms with van der Waals surface area (Å²) < 4.78 is 10.9. The van der Waals surface area contributed by atoms with Gasteiger partial charge in [0.25, 0.3) is 5.91 Å². The Morgan fingerprint density at radius 3 is 2.85 bits per heavy atom. The van der Waals surface area contributed by atoms with E-state index in [2.05, 4.69) is 35.5 Å². The van der Waals surface area contributed by atoms with Crippen molar-refractivity contribution in [2.45, 2.75) is 51.5 Å². The lowest BCUT2D eigenvalue weighted by molar-refractivity contribution is -0.129. The summed E-state index contributed by atoms with van der Waals surface area (Å²) in [5, 5.41) is 16.7. The average molecular weight is 551 g/mol. The predicted molar refractivity (Wildman–Crippen MR) is 143 cm³/mol. The van der Waals surface area contributed by atoms with Gasteiger partial charge >= 0.3 is 0 Å². The Morgan fingerprint density at radius 1 is 1.23 bits per heavy atom. The molecular formula is C27H34N8O5. The molecule has 1 atom stereocenters. The zero-order valence-corrected chi connectivity index (χ0v) is 22.5. The first kappa shape index (κ1) is 27.5. The number of ether oxygens (including phenoxy) is 1. The molecule has 5 rings (SSSR count). The Labute approximate surface area is 232 Å². The standard InChI is InChI=1S/C27H34N8O5/c1-18(36)35-8-4-20(5-9-35)32-25-10-24(30-16-31-25)27(38)29-11-21(37)14-34-7-6-23-19(13-34)2-3-26(33-23)39-15-22-12-28-17-40-22/h2-3,10,12,16-17,20-21,37H,4-9,11,13-15H2,1H3,(H,29,38)(H,30,31,32). The number of aliphatic hydroxyl groups excluding tert-OH is 1. The third-order valence-electron chi connectivity index (χ3n) is 7.11. The summed E-state index contributed by atoms with van der Waals surface area (Å²) in [5.41, 5.74) is 2.29. The Bertz CT molecular complexity index is 1300. The SMILES string of the molecule is CC(=O)N1CCC(Nc2cc(C(=O)NCC(O)CN3CCc4nc(OCc5cnco5)ccc4C3)ncn2)CC1. The lowest BCUT2D eigenvalue weighted by atomic mass is 10.1. The normalized spacial score (nSPS) is 16.7. The van der Waals surface area contributed by atoms with Crippen molar-refractivity contribution < 1.29 is 23.8 Å². The molecule has 1 saturated heterocycles. The number of carbonyl (C=O) groups is 2. The van der Waals surface area contributed by atoms with Gasteiger partial charge in [-0.25, -0.2) is 19.9 Å². The molecule has 0 aliphatic carbocycles. The number of nitrogens with zero attached hydrogens (tertiary/aromatic N) is 6. The Kier molecular flexibility index (Phi) is 8.81. The Morgan fingerprint density at radius 2 is 2.08 bits per heavy atom. The molecule has 40 heavy (non-hydrogen) atoms. The summed E-state index contributed by atoms with van der Waals surface area (Å²) in [5.74, 6) is 1.44. The molecule has 3 N–H and O–H groups in total. The zero-order chi connectivity index (χ0) is 27.9. The van der Waals surface area contributed by atoms with Gasteiger partial charge in [-0.1, -0.05) is 6.07 Å². The van der Waals surface area contributed by atoms with E-state index >= 15 is 0 Å². The summed E-state index contributed by atoms with van der Waals surface area (Å²) in [6.45, 7) is 5.16. The fraction of sp³-hybridized carbons (Fsp3) is 0.481. The van der Waals surface area contributed by atoms with Crippen LogP contribution in [0.4, 0.5) is 5.82 Å². The maximum atomic E-state index is 12.7. The molecule has 13 nitrogen and oxygen atoms in total. The monoisotopic (exact) mass is 550 g/mol. The van der Waals surface area contributed by atoms with E-state index in [-0.39, 0.29) is 36.7 Å². The lowest BCUT2D eigenvalue weighted by Gasteiger charge is -2.31. The van der Waals surface area contributed by atoms with Crippen molar-refractivity contribution in [1.82, 2.24) is 35.1 Å². The molecule has 0 saturated carbocycles. The van der Waals surface area contributed by atoms with E-state index < -0.39 is 6.10 Å². The Hall–Kier alpha value is -4.10. The molecule has 2 aliphatic rings. The molecule has 3 aromatic rings. The van der Waals surface area contributed by atoms with Crippen LogP contribution in [0.1, 0.15) is 47.3 Å². The average Bonchev–Trinajstić information content (AvgIpc) is 3.49. The number of hydrogen-bond donors (Lipinski definition) is 3. The van der Waals surface area contributed by atoms with Gasteiger partial charge in [-0.05, 0) is 18.4 Å². The third-order valence-corrected chi connectivity index (χ3v) is 7.11. The number of β-amino-alcohol motifs (C(OH)–C–C–N with tert-alkyl or cyclic N) is 1. The molecule has 2 amide bonds. The van der Waals surface area contributed by atoms with Crippen molar-refractivity contribution in [3.63, 3.8) is 0 Å². The number of carbonyl (C=O) groups excluding carboxylic acids is 2. The first-order valence-corrected chi connectivity index (χ1v) is 13.4. The first-order valence-electron chi connectivity index (χ1n) is 13.4. The molecule has 0 aromatic carbocycles. The van der Waals surface area contributed by atoms with Crippen LogP contribution >= 0.6 is 0 Å². The van der Waals surface area contributed by atoms with Crippen LogP contribution in [0, 0.1) is 0 Å². The molecule has 1 fully saturated rings. The van der Waals surface area contributed by atoms with Crippen LogP contribution in [-0.4, -0.2) is 91.5 Å². The van der Waals surface area contributed by atoms with E-state index in [0.29, 0.717) is 43.6 Å². The van der Waals surface area contributed by atoms with E-state index in [9.17, 15) is 14.7 Å². The summed E-state index contributed by atoms with van der Waals surface area (Å²) in [6, 6.07) is 5.60. The van der Waals surface area contributed by atoms with Crippen LogP contribution in [0.3, 0.4) is 0 Å². The Balaban J connectivity index is 1.05. The number of rotatable bonds is 10. The minimum absolute atomic E-state index is 0.0866. The van der Waals surface area contributed by atoms with E-state index in [1.54, 1.807) is 19.2 Å². The second-order valence-electron chi connectivity index (χ2n) is 10.1. The highest BCUT2D eigenvalue weighted by Gasteiger charge is 2.23. The highest BCUT2D eigenvalue weighted by Crippen LogP contribution is 2.21. The predicted octanol–water partition coefficient (Wildman–Crippen LogP) is 1.01. The number of amides is 2. The molecule has 1 unspecified atom stereocenters. The maximum Gasteiger partial charge on any atom is 0.270 e. The van der Waals surface area contributed by atoms with Crippen LogP contribution in [0.5, 0.6) is 5.88 Å². The van der Waals surface area contributed by atoms with Gasteiger partial charge in [-0.2, -0.15) is 0 Å². The molecule has 5 heterocycles. The van der Waals surface area contributed by atoms with E-state index in [1.807, 2.05) is 17.0 Å². The van der Waals surface area contributed by atoms with Crippen LogP contribution in [0.2, 0.25) is 0 Å². The van der Waals surface area contributed by atoms with Crippen LogP contribution in [0.25, 0.3) is 0 Å². The number of likely N-dealkylation sites (tertiary alicyclic amines) is 1. The van der Waals surface area contributed by atoms with E-state index in [4.69, 9.17) is 9.15 Å². The minimum Gasteiger partial charge on any atom is -0.469 e. The molecule has 0 bridgehead atoms. The van der Waals surface area contributed by atoms with E-state index in [0.717, 1.165) is 37.1 Å². The first-order chi connectivity index (χ1) is 19.4. The van der Waals surface area contributed by atoms with Gasteiger partial charge < -0.3 is 29.8 Å². The number of aliphatic hydroxyl groups is 1. The van der Waals surface area contributed by atoms with Gasteiger partial charge in [0.05, 0.1) is 18.0 Å². The molecule has 212 valence electrons. The number of hydrogen-bond acceptors (Lipinski definition) is 11. The highest BCUT2D eigenvalue weighted by molar-refractivity contribution is 5.92. The largest absolute Gasteiger partial charge is 0.469 e. The fourth-order valence-electron chi connectivity index (χ4n) is 4.92. The number of anilines is 1. The van der Waals surface area contributed by atoms with E-state index in [1.165, 1.54) is 12.7 Å². The smallest absolute Gasteiger partial charge is 0.270 e. The van der Waals surface area contributed by atoms with Crippen molar-refractivity contribution in [1.29, 1.82) is 0 Å². The number of oxazole rings is 1. The molecule has 2 aliphatic heterocycles. The van der Waals surface area contributed by atoms with Crippen LogP contribution in [0.15, 0.2) is 41.5 Å². The number of pyridine rings is 1. The molecular weight excluding hydrogens is 516 g/mol. The van der Waals surface area contributed by atoms with Crippen LogP contribution in [-0.2, 0) is 24.4 Å². The van der Waals surface area contributed by atoms with Crippen molar-refractivity contribution in [2.75, 3.05) is 38.0 Å². The van der Waals surface area contributed by atoms with Crippen molar-refractivity contribution in [3.8, 4) is 5.88 Å². The maximum absolute atomic E-state index is 12.7. The summed E-state index contributed by atoms with van der Waals surface area (Å²) in [4.78, 5) is 45.0. The zero-order valence-electron chi connectivity index (χ0n) is 22.5. The van der Waals surface area contributed by atoms with Gasteiger partial charge in [0.1, 0.15) is 24.4 Å².